The highest BCUT2D eigenvalue weighted by Crippen LogP contribution is 2.39. The Morgan fingerprint density at radius 3 is 2.26 bits per heavy atom. The molecule has 1 aliphatic heterocycles. The number of nitrogens with zero attached hydrogens (tertiary/aromatic N) is 1. The van der Waals surface area contributed by atoms with Crippen LogP contribution in [0.1, 0.15) is 28.9 Å². The Bertz CT molecular complexity index is 642. The molecule has 0 aliphatic carbocycles. The van der Waals surface area contributed by atoms with Crippen LogP contribution in [0.2, 0.25) is 0 Å². The number of rotatable bonds is 4. The van der Waals surface area contributed by atoms with E-state index in [1.165, 1.54) is 24.3 Å². The Morgan fingerprint density at radius 2 is 1.83 bits per heavy atom. The Morgan fingerprint density at radius 1 is 1.26 bits per heavy atom. The number of carbonyl (C=O) groups is 3. The topological polar surface area (TPSA) is 89.7 Å². The van der Waals surface area contributed by atoms with Crippen molar-refractivity contribution >= 4 is 17.8 Å². The molecule has 2 rings (SSSR count). The fourth-order valence-corrected chi connectivity index (χ4v) is 2.38. The normalized spacial score (nSPS) is 20.9. The summed E-state index contributed by atoms with van der Waals surface area (Å²) in [5.74, 6) is -2.37. The van der Waals surface area contributed by atoms with Crippen molar-refractivity contribution in [3.8, 4) is 0 Å². The van der Waals surface area contributed by atoms with Gasteiger partial charge in [0.1, 0.15) is 12.6 Å². The molecule has 1 aromatic carbocycles. The van der Waals surface area contributed by atoms with E-state index in [1.54, 1.807) is 0 Å². The summed E-state index contributed by atoms with van der Waals surface area (Å²) >= 11 is 0. The number of nitrogens with two attached hydrogens (primary N) is 1. The van der Waals surface area contributed by atoms with Gasteiger partial charge in [0.2, 0.25) is 12.0 Å². The summed E-state index contributed by atoms with van der Waals surface area (Å²) in [5.41, 5.74) is 5.57. The van der Waals surface area contributed by atoms with Gasteiger partial charge in [-0.15, -0.1) is 0 Å². The molecule has 6 nitrogen and oxygen atoms in total. The van der Waals surface area contributed by atoms with Gasteiger partial charge < -0.3 is 15.4 Å². The summed E-state index contributed by atoms with van der Waals surface area (Å²) in [6.07, 6.45) is -5.89. The van der Waals surface area contributed by atoms with Gasteiger partial charge in [0.05, 0.1) is 0 Å². The van der Waals surface area contributed by atoms with Crippen molar-refractivity contribution in [1.82, 2.24) is 4.90 Å². The molecule has 2 unspecified atom stereocenters. The number of primary amides is 1. The molecule has 0 radical (unpaired) electrons. The van der Waals surface area contributed by atoms with Gasteiger partial charge in [-0.3, -0.25) is 14.4 Å². The van der Waals surface area contributed by atoms with Crippen LogP contribution < -0.4 is 5.73 Å². The van der Waals surface area contributed by atoms with Crippen molar-refractivity contribution in [1.29, 1.82) is 0 Å². The van der Waals surface area contributed by atoms with Crippen LogP contribution in [0.5, 0.6) is 0 Å². The van der Waals surface area contributed by atoms with E-state index in [0.29, 0.717) is 10.5 Å². The van der Waals surface area contributed by atoms with Gasteiger partial charge in [-0.2, -0.15) is 13.2 Å². The van der Waals surface area contributed by atoms with Gasteiger partial charge in [-0.25, -0.2) is 0 Å². The molecule has 0 aromatic heterocycles. The van der Waals surface area contributed by atoms with Crippen molar-refractivity contribution < 1.29 is 32.3 Å². The minimum Gasteiger partial charge on any atom is -0.450 e. The van der Waals surface area contributed by atoms with Crippen molar-refractivity contribution in [2.75, 3.05) is 6.54 Å². The number of hydrogen-bond donors (Lipinski definition) is 1. The number of halogens is 3. The van der Waals surface area contributed by atoms with Crippen LogP contribution in [-0.4, -0.2) is 41.5 Å². The first-order chi connectivity index (χ1) is 10.6. The van der Waals surface area contributed by atoms with Crippen LogP contribution in [0.4, 0.5) is 13.2 Å². The number of benzene rings is 1. The lowest BCUT2D eigenvalue weighted by Gasteiger charge is -2.46. The number of alkyl halides is 3. The summed E-state index contributed by atoms with van der Waals surface area (Å²) in [5, 5.41) is 0. The molecule has 1 aromatic rings. The van der Waals surface area contributed by atoms with E-state index in [-0.39, 0.29) is 5.56 Å². The van der Waals surface area contributed by atoms with E-state index in [0.717, 1.165) is 6.92 Å². The zero-order valence-corrected chi connectivity index (χ0v) is 12.0. The maximum Gasteiger partial charge on any atom is 0.406 e. The molecular formula is C14H13F3N2O4. The maximum atomic E-state index is 12.6. The number of carbonyl (C=O) groups excluding carboxylic acids is 3. The van der Waals surface area contributed by atoms with Crippen LogP contribution in [0.3, 0.4) is 0 Å². The second-order valence-corrected chi connectivity index (χ2v) is 5.04. The molecule has 2 atom stereocenters. The summed E-state index contributed by atoms with van der Waals surface area (Å²) < 4.78 is 42.6. The molecule has 0 spiro atoms. The van der Waals surface area contributed by atoms with Gasteiger partial charge in [0.15, 0.2) is 0 Å². The lowest BCUT2D eigenvalue weighted by molar-refractivity contribution is -0.204. The lowest BCUT2D eigenvalue weighted by atomic mass is 9.90. The first kappa shape index (κ1) is 16.8. The fourth-order valence-electron chi connectivity index (χ4n) is 2.38. The standard InChI is InChI=1S/C14H13F3N2O4/c1-7(20)23-11-10(19(13(11)22)6-14(15,16)17)8-2-4-9(5-3-8)12(18)21/h2-5,10-11H,6H2,1H3,(H2,18,21). The van der Waals surface area contributed by atoms with Crippen molar-refractivity contribution in [3.05, 3.63) is 35.4 Å². The van der Waals surface area contributed by atoms with Crippen LogP contribution in [-0.2, 0) is 14.3 Å². The first-order valence-corrected chi connectivity index (χ1v) is 6.54. The third-order valence-corrected chi connectivity index (χ3v) is 3.33. The van der Waals surface area contributed by atoms with Crippen LogP contribution in [0.25, 0.3) is 0 Å². The van der Waals surface area contributed by atoms with Crippen LogP contribution in [0, 0.1) is 0 Å². The molecule has 0 saturated carbocycles. The molecule has 9 heteroatoms. The molecule has 0 bridgehead atoms. The summed E-state index contributed by atoms with van der Waals surface area (Å²) in [7, 11) is 0. The molecule has 124 valence electrons. The summed E-state index contributed by atoms with van der Waals surface area (Å²) in [6, 6.07) is 4.34. The Hall–Kier alpha value is -2.58. The highest BCUT2D eigenvalue weighted by Gasteiger charge is 2.53. The van der Waals surface area contributed by atoms with E-state index in [9.17, 15) is 27.6 Å². The van der Waals surface area contributed by atoms with E-state index in [4.69, 9.17) is 10.5 Å². The van der Waals surface area contributed by atoms with E-state index >= 15 is 0 Å². The first-order valence-electron chi connectivity index (χ1n) is 6.54. The Balaban J connectivity index is 2.29. The Kier molecular flexibility index (Phi) is 4.31. The molecular weight excluding hydrogens is 317 g/mol. The second kappa shape index (κ2) is 5.90. The minimum absolute atomic E-state index is 0.172. The predicted octanol–water partition coefficient (Wildman–Crippen LogP) is 1.16. The SMILES string of the molecule is CC(=O)OC1C(=O)N(CC(F)(F)F)C1c1ccc(C(N)=O)cc1. The smallest absolute Gasteiger partial charge is 0.406 e. The monoisotopic (exact) mass is 330 g/mol. The average Bonchev–Trinajstić information content (AvgIpc) is 2.44. The van der Waals surface area contributed by atoms with Gasteiger partial charge in [0, 0.05) is 12.5 Å². The van der Waals surface area contributed by atoms with Gasteiger partial charge in [0.25, 0.3) is 5.91 Å². The molecule has 1 saturated heterocycles. The maximum absolute atomic E-state index is 12.6. The van der Waals surface area contributed by atoms with E-state index in [1.807, 2.05) is 0 Å². The average molecular weight is 330 g/mol. The van der Waals surface area contributed by atoms with E-state index in [2.05, 4.69) is 0 Å². The summed E-state index contributed by atoms with van der Waals surface area (Å²) in [6.45, 7) is -0.390. The third-order valence-electron chi connectivity index (χ3n) is 3.33. The number of ether oxygens (including phenoxy) is 1. The number of amides is 2. The van der Waals surface area contributed by atoms with E-state index < -0.39 is 42.7 Å². The predicted molar refractivity (Wildman–Crippen MR) is 71.0 cm³/mol. The van der Waals surface area contributed by atoms with Crippen molar-refractivity contribution in [3.63, 3.8) is 0 Å². The number of hydrogen-bond acceptors (Lipinski definition) is 4. The van der Waals surface area contributed by atoms with Crippen molar-refractivity contribution in [2.45, 2.75) is 25.2 Å². The summed E-state index contributed by atoms with van der Waals surface area (Å²) in [4.78, 5) is 34.4. The van der Waals surface area contributed by atoms with Crippen molar-refractivity contribution in [2.24, 2.45) is 5.73 Å². The number of likely N-dealkylation sites (tertiary alicyclic amines) is 1. The quantitative estimate of drug-likeness (QED) is 0.663. The van der Waals surface area contributed by atoms with Gasteiger partial charge >= 0.3 is 12.1 Å². The van der Waals surface area contributed by atoms with Gasteiger partial charge in [-0.05, 0) is 17.7 Å². The molecule has 2 N–H and O–H groups in total. The highest BCUT2D eigenvalue weighted by atomic mass is 19.4. The second-order valence-electron chi connectivity index (χ2n) is 5.04. The zero-order chi connectivity index (χ0) is 17.4. The molecule has 2 amide bonds. The molecule has 1 fully saturated rings. The third kappa shape index (κ3) is 3.61. The minimum atomic E-state index is -4.58. The van der Waals surface area contributed by atoms with Gasteiger partial charge in [-0.1, -0.05) is 12.1 Å². The largest absolute Gasteiger partial charge is 0.450 e. The lowest BCUT2D eigenvalue weighted by Crippen LogP contribution is -2.62. The highest BCUT2D eigenvalue weighted by molar-refractivity contribution is 5.93. The Labute approximate surface area is 129 Å². The fraction of sp³-hybridized carbons (Fsp3) is 0.357. The number of β-lactam (4-membered cyclic amide) rings is 1. The molecule has 23 heavy (non-hydrogen) atoms. The number of esters is 1. The molecule has 1 heterocycles. The van der Waals surface area contributed by atoms with Crippen LogP contribution in [0.15, 0.2) is 24.3 Å². The van der Waals surface area contributed by atoms with Crippen LogP contribution >= 0.6 is 0 Å². The molecule has 1 aliphatic rings. The zero-order valence-electron chi connectivity index (χ0n) is 12.0.